The van der Waals surface area contributed by atoms with E-state index in [4.69, 9.17) is 18.9 Å². The summed E-state index contributed by atoms with van der Waals surface area (Å²) in [6.07, 6.45) is 4.11. The molecule has 1 fully saturated rings. The Morgan fingerprint density at radius 2 is 1.92 bits per heavy atom. The van der Waals surface area contributed by atoms with Crippen molar-refractivity contribution in [2.45, 2.75) is 6.42 Å². The first-order valence-corrected chi connectivity index (χ1v) is 12.3. The first-order chi connectivity index (χ1) is 17.7. The quantitative estimate of drug-likeness (QED) is 0.517. The molecule has 5 rings (SSSR count). The molecule has 188 valence electrons. The maximum absolute atomic E-state index is 13.3. The predicted octanol–water partition coefficient (Wildman–Crippen LogP) is 3.66. The summed E-state index contributed by atoms with van der Waals surface area (Å²) in [6, 6.07) is 15.5. The fourth-order valence-corrected chi connectivity index (χ4v) is 4.48. The van der Waals surface area contributed by atoms with Crippen molar-refractivity contribution in [2.75, 3.05) is 58.5 Å². The van der Waals surface area contributed by atoms with Gasteiger partial charge in [0.15, 0.2) is 0 Å². The van der Waals surface area contributed by atoms with E-state index in [9.17, 15) is 4.79 Å². The lowest BCUT2D eigenvalue weighted by atomic mass is 9.95. The Balaban J connectivity index is 1.31. The van der Waals surface area contributed by atoms with E-state index >= 15 is 0 Å². The van der Waals surface area contributed by atoms with E-state index in [0.29, 0.717) is 31.1 Å². The van der Waals surface area contributed by atoms with Crippen LogP contribution in [0.2, 0.25) is 0 Å². The number of aromatic nitrogens is 1. The zero-order valence-corrected chi connectivity index (χ0v) is 20.4. The van der Waals surface area contributed by atoms with Gasteiger partial charge in [0, 0.05) is 32.0 Å². The first kappa shape index (κ1) is 24.1. The van der Waals surface area contributed by atoms with Gasteiger partial charge in [0.2, 0.25) is 5.91 Å². The van der Waals surface area contributed by atoms with Gasteiger partial charge in [-0.25, -0.2) is 0 Å². The van der Waals surface area contributed by atoms with Crippen molar-refractivity contribution >= 4 is 11.6 Å². The van der Waals surface area contributed by atoms with Crippen molar-refractivity contribution in [3.63, 3.8) is 0 Å². The summed E-state index contributed by atoms with van der Waals surface area (Å²) < 4.78 is 22.8. The fraction of sp³-hybridized carbons (Fsp3) is 0.357. The van der Waals surface area contributed by atoms with Crippen LogP contribution in [0.15, 0.2) is 60.9 Å². The normalized spacial score (nSPS) is 17.5. The number of benzene rings is 2. The van der Waals surface area contributed by atoms with Gasteiger partial charge in [0.05, 0.1) is 31.9 Å². The number of hydrogen-bond acceptors (Lipinski definition) is 7. The molecule has 1 N–H and O–H groups in total. The smallest absolute Gasteiger partial charge is 0.231 e. The van der Waals surface area contributed by atoms with Crippen LogP contribution in [0.4, 0.5) is 5.69 Å². The van der Waals surface area contributed by atoms with E-state index in [1.807, 2.05) is 48.5 Å². The molecule has 2 aliphatic rings. The van der Waals surface area contributed by atoms with Gasteiger partial charge in [-0.1, -0.05) is 6.07 Å². The predicted molar refractivity (Wildman–Crippen MR) is 137 cm³/mol. The molecule has 8 heteroatoms. The summed E-state index contributed by atoms with van der Waals surface area (Å²) in [6.45, 7) is 4.94. The molecule has 2 aliphatic heterocycles. The molecular weight excluding hydrogens is 458 g/mol. The highest BCUT2D eigenvalue weighted by Gasteiger charge is 2.27. The van der Waals surface area contributed by atoms with E-state index in [1.54, 1.807) is 19.5 Å². The van der Waals surface area contributed by atoms with Crippen LogP contribution in [0.25, 0.3) is 11.1 Å². The van der Waals surface area contributed by atoms with Crippen molar-refractivity contribution in [3.05, 3.63) is 66.5 Å². The van der Waals surface area contributed by atoms with Crippen molar-refractivity contribution in [1.29, 1.82) is 0 Å². The van der Waals surface area contributed by atoms with Crippen LogP contribution in [-0.4, -0.2) is 69.0 Å². The molecular formula is C28H31N3O5. The molecule has 0 radical (unpaired) electrons. The Hall–Kier alpha value is -3.62. The molecule has 0 spiro atoms. The zero-order valence-electron chi connectivity index (χ0n) is 20.4. The van der Waals surface area contributed by atoms with E-state index < -0.39 is 0 Å². The van der Waals surface area contributed by atoms with E-state index in [0.717, 1.165) is 61.0 Å². The minimum absolute atomic E-state index is 0.0989. The number of carbonyl (C=O) groups is 1. The lowest BCUT2D eigenvalue weighted by Gasteiger charge is -2.27. The summed E-state index contributed by atoms with van der Waals surface area (Å²) in [5.74, 6) is 1.78. The monoisotopic (exact) mass is 489 g/mol. The van der Waals surface area contributed by atoms with Gasteiger partial charge in [-0.05, 0) is 65.6 Å². The molecule has 3 heterocycles. The molecule has 1 unspecified atom stereocenters. The van der Waals surface area contributed by atoms with Gasteiger partial charge < -0.3 is 24.3 Å². The average Bonchev–Trinajstić information content (AvgIpc) is 2.94. The molecule has 0 saturated carbocycles. The van der Waals surface area contributed by atoms with Crippen LogP contribution in [0, 0.1) is 5.92 Å². The highest BCUT2D eigenvalue weighted by Crippen LogP contribution is 2.34. The Kier molecular flexibility index (Phi) is 7.64. The van der Waals surface area contributed by atoms with E-state index in [2.05, 4.69) is 15.2 Å². The molecule has 2 aromatic carbocycles. The molecule has 36 heavy (non-hydrogen) atoms. The number of hydrogen-bond donors (Lipinski definition) is 1. The largest absolute Gasteiger partial charge is 0.497 e. The second kappa shape index (κ2) is 11.4. The summed E-state index contributed by atoms with van der Waals surface area (Å²) in [4.78, 5) is 19.7. The first-order valence-electron chi connectivity index (χ1n) is 12.3. The van der Waals surface area contributed by atoms with Crippen LogP contribution < -0.4 is 19.5 Å². The van der Waals surface area contributed by atoms with E-state index in [1.165, 1.54) is 0 Å². The third kappa shape index (κ3) is 5.78. The zero-order chi connectivity index (χ0) is 24.7. The van der Waals surface area contributed by atoms with Gasteiger partial charge >= 0.3 is 0 Å². The maximum Gasteiger partial charge on any atom is 0.231 e. The van der Waals surface area contributed by atoms with Gasteiger partial charge in [-0.3, -0.25) is 14.7 Å². The van der Waals surface area contributed by atoms with Crippen LogP contribution >= 0.6 is 0 Å². The Morgan fingerprint density at radius 3 is 2.72 bits per heavy atom. The Bertz CT molecular complexity index is 1180. The van der Waals surface area contributed by atoms with Crippen LogP contribution in [-0.2, 0) is 16.0 Å². The average molecular weight is 490 g/mol. The summed E-state index contributed by atoms with van der Waals surface area (Å²) in [5, 5.41) is 3.09. The summed E-state index contributed by atoms with van der Waals surface area (Å²) >= 11 is 0. The SMILES string of the molecule is COc1ccc2c(c1)CC(C(=O)Nc1ccc(-c3ccncc3)cc1OCCN1CCOCC1)CO2. The summed E-state index contributed by atoms with van der Waals surface area (Å²) in [7, 11) is 1.63. The number of amides is 1. The lowest BCUT2D eigenvalue weighted by Crippen LogP contribution is -2.38. The Morgan fingerprint density at radius 1 is 1.08 bits per heavy atom. The van der Waals surface area contributed by atoms with Crippen LogP contribution in [0.3, 0.4) is 0 Å². The number of ether oxygens (including phenoxy) is 4. The lowest BCUT2D eigenvalue weighted by molar-refractivity contribution is -0.121. The van der Waals surface area contributed by atoms with E-state index in [-0.39, 0.29) is 11.8 Å². The highest BCUT2D eigenvalue weighted by molar-refractivity contribution is 5.95. The second-order valence-corrected chi connectivity index (χ2v) is 8.92. The number of nitrogens with one attached hydrogen (secondary N) is 1. The minimum atomic E-state index is -0.314. The molecule has 3 aromatic rings. The molecule has 1 amide bonds. The topological polar surface area (TPSA) is 82.2 Å². The van der Waals surface area contributed by atoms with Gasteiger partial charge in [0.25, 0.3) is 0 Å². The number of anilines is 1. The minimum Gasteiger partial charge on any atom is -0.497 e. The molecule has 0 aliphatic carbocycles. The highest BCUT2D eigenvalue weighted by atomic mass is 16.5. The summed E-state index contributed by atoms with van der Waals surface area (Å²) in [5.41, 5.74) is 3.65. The number of methoxy groups -OCH3 is 1. The standard InChI is InChI=1S/C28H31N3O5/c1-33-24-3-5-26-22(17-24)16-23(19-36-26)28(32)30-25-4-2-21(20-6-8-29-9-7-20)18-27(25)35-15-12-31-10-13-34-14-11-31/h2-9,17-18,23H,10-16,19H2,1H3,(H,30,32). The molecule has 1 aromatic heterocycles. The third-order valence-corrected chi connectivity index (χ3v) is 6.57. The number of nitrogens with zero attached hydrogens (tertiary/aromatic N) is 2. The third-order valence-electron chi connectivity index (χ3n) is 6.57. The number of rotatable bonds is 8. The number of fused-ring (bicyclic) bond motifs is 1. The van der Waals surface area contributed by atoms with Gasteiger partial charge in [0.1, 0.15) is 30.5 Å². The van der Waals surface area contributed by atoms with Crippen molar-refractivity contribution in [2.24, 2.45) is 5.92 Å². The molecule has 1 atom stereocenters. The van der Waals surface area contributed by atoms with Crippen molar-refractivity contribution in [3.8, 4) is 28.4 Å². The van der Waals surface area contributed by atoms with Crippen LogP contribution in [0.5, 0.6) is 17.2 Å². The number of morpholine rings is 1. The molecule has 0 bridgehead atoms. The Labute approximate surface area is 211 Å². The molecule has 8 nitrogen and oxygen atoms in total. The maximum atomic E-state index is 13.3. The number of pyridine rings is 1. The molecule has 1 saturated heterocycles. The van der Waals surface area contributed by atoms with Crippen molar-refractivity contribution < 1.29 is 23.7 Å². The van der Waals surface area contributed by atoms with Gasteiger partial charge in [-0.15, -0.1) is 0 Å². The second-order valence-electron chi connectivity index (χ2n) is 8.92. The van der Waals surface area contributed by atoms with Crippen molar-refractivity contribution in [1.82, 2.24) is 9.88 Å². The van der Waals surface area contributed by atoms with Gasteiger partial charge in [-0.2, -0.15) is 0 Å². The van der Waals surface area contributed by atoms with Crippen LogP contribution in [0.1, 0.15) is 5.56 Å². The fourth-order valence-electron chi connectivity index (χ4n) is 4.48. The number of carbonyl (C=O) groups excluding carboxylic acids is 1.